The Kier molecular flexibility index (Phi) is 7.37. The number of carbonyl (C=O) groups excluding carboxylic acids is 2. The van der Waals surface area contributed by atoms with Gasteiger partial charge in [-0.05, 0) is 31.0 Å². The number of unbranched alkanes of at least 4 members (excludes halogenated alkanes) is 1. The summed E-state index contributed by atoms with van der Waals surface area (Å²) in [6.07, 6.45) is 3.51. The van der Waals surface area contributed by atoms with Crippen LogP contribution in [0, 0.1) is 5.92 Å². The smallest absolute Gasteiger partial charge is 0.229 e. The molecule has 0 unspecified atom stereocenters. The zero-order chi connectivity index (χ0) is 23.2. The number of benzene rings is 2. The molecule has 0 spiro atoms. The quantitative estimate of drug-likeness (QED) is 0.666. The van der Waals surface area contributed by atoms with Gasteiger partial charge >= 0.3 is 0 Å². The van der Waals surface area contributed by atoms with Crippen LogP contribution in [0.1, 0.15) is 50.6 Å². The van der Waals surface area contributed by atoms with Gasteiger partial charge in [-0.3, -0.25) is 9.59 Å². The van der Waals surface area contributed by atoms with Gasteiger partial charge in [0, 0.05) is 36.7 Å². The summed E-state index contributed by atoms with van der Waals surface area (Å²) in [5.41, 5.74) is 1.52. The molecule has 0 aliphatic carbocycles. The third-order valence-electron chi connectivity index (χ3n) is 6.27. The molecule has 0 radical (unpaired) electrons. The van der Waals surface area contributed by atoms with E-state index in [0.717, 1.165) is 24.8 Å². The molecular formula is C26H32N2O5. The molecule has 176 valence electrons. The second-order valence-corrected chi connectivity index (χ2v) is 8.47. The minimum Gasteiger partial charge on any atom is -0.496 e. The number of carbonyl (C=O) groups is 2. The van der Waals surface area contributed by atoms with Crippen LogP contribution in [0.4, 0.5) is 5.69 Å². The maximum atomic E-state index is 13.6. The highest BCUT2D eigenvalue weighted by Gasteiger charge is 2.41. The Balaban J connectivity index is 1.63. The molecule has 2 amide bonds. The average Bonchev–Trinajstić information content (AvgIpc) is 3.08. The van der Waals surface area contributed by atoms with E-state index in [9.17, 15) is 9.59 Å². The van der Waals surface area contributed by atoms with Crippen molar-refractivity contribution in [2.75, 3.05) is 32.2 Å². The van der Waals surface area contributed by atoms with Crippen molar-refractivity contribution in [2.45, 2.75) is 45.1 Å². The predicted octanol–water partition coefficient (Wildman–Crippen LogP) is 4.58. The highest BCUT2D eigenvalue weighted by Crippen LogP contribution is 2.41. The SMILES string of the molecule is CCCCN1C(=O)CC[C@@H](C(=O)Nc2ccc3c(c2)OCCCO3)[C@@H]1c1ccccc1OC. The molecule has 2 atom stereocenters. The number of para-hydroxylation sites is 1. The molecular weight excluding hydrogens is 420 g/mol. The molecule has 1 saturated heterocycles. The molecule has 2 heterocycles. The number of likely N-dealkylation sites (tertiary alicyclic amines) is 1. The monoisotopic (exact) mass is 452 g/mol. The highest BCUT2D eigenvalue weighted by atomic mass is 16.5. The van der Waals surface area contributed by atoms with Crippen LogP contribution in [0.25, 0.3) is 0 Å². The lowest BCUT2D eigenvalue weighted by atomic mass is 9.83. The van der Waals surface area contributed by atoms with Crippen molar-refractivity contribution >= 4 is 17.5 Å². The van der Waals surface area contributed by atoms with Crippen LogP contribution in [0.5, 0.6) is 17.2 Å². The zero-order valence-corrected chi connectivity index (χ0v) is 19.3. The van der Waals surface area contributed by atoms with Gasteiger partial charge in [0.05, 0.1) is 32.3 Å². The van der Waals surface area contributed by atoms with Crippen LogP contribution in [0.3, 0.4) is 0 Å². The molecule has 2 aliphatic rings. The van der Waals surface area contributed by atoms with Crippen LogP contribution < -0.4 is 19.5 Å². The largest absolute Gasteiger partial charge is 0.496 e. The molecule has 2 aromatic carbocycles. The van der Waals surface area contributed by atoms with Gasteiger partial charge in [-0.25, -0.2) is 0 Å². The standard InChI is InChI=1S/C26H32N2O5/c1-3-4-14-28-24(29)13-11-20(25(28)19-8-5-6-9-21(19)31-2)26(30)27-18-10-12-22-23(17-18)33-16-7-15-32-22/h5-6,8-10,12,17,20,25H,3-4,7,11,13-16H2,1-2H3,(H,27,30)/t20-,25+/m1/s1. The van der Waals surface area contributed by atoms with Crippen molar-refractivity contribution in [2.24, 2.45) is 5.92 Å². The first kappa shape index (κ1) is 23.0. The van der Waals surface area contributed by atoms with Gasteiger partial charge in [-0.1, -0.05) is 31.5 Å². The van der Waals surface area contributed by atoms with Gasteiger partial charge in [-0.15, -0.1) is 0 Å². The fraction of sp³-hybridized carbons (Fsp3) is 0.462. The molecule has 0 saturated carbocycles. The molecule has 7 heteroatoms. The van der Waals surface area contributed by atoms with Crippen LogP contribution >= 0.6 is 0 Å². The Hall–Kier alpha value is -3.22. The Morgan fingerprint density at radius 1 is 1.15 bits per heavy atom. The van der Waals surface area contributed by atoms with Crippen LogP contribution in [0.15, 0.2) is 42.5 Å². The number of ether oxygens (including phenoxy) is 3. The summed E-state index contributed by atoms with van der Waals surface area (Å²) < 4.78 is 17.1. The first-order valence-corrected chi connectivity index (χ1v) is 11.7. The number of hydrogen-bond acceptors (Lipinski definition) is 5. The number of nitrogens with zero attached hydrogens (tertiary/aromatic N) is 1. The third-order valence-corrected chi connectivity index (χ3v) is 6.27. The van der Waals surface area contributed by atoms with Gasteiger partial charge < -0.3 is 24.4 Å². The molecule has 33 heavy (non-hydrogen) atoms. The summed E-state index contributed by atoms with van der Waals surface area (Å²) in [7, 11) is 1.62. The number of rotatable bonds is 7. The number of nitrogens with one attached hydrogen (secondary N) is 1. The van der Waals surface area contributed by atoms with E-state index in [1.54, 1.807) is 13.2 Å². The van der Waals surface area contributed by atoms with E-state index in [1.165, 1.54) is 0 Å². The molecule has 2 aromatic rings. The Morgan fingerprint density at radius 3 is 2.73 bits per heavy atom. The zero-order valence-electron chi connectivity index (χ0n) is 19.3. The maximum absolute atomic E-state index is 13.6. The first-order chi connectivity index (χ1) is 16.1. The van der Waals surface area contributed by atoms with Crippen molar-refractivity contribution in [1.82, 2.24) is 4.90 Å². The van der Waals surface area contributed by atoms with E-state index in [1.807, 2.05) is 41.3 Å². The van der Waals surface area contributed by atoms with E-state index in [-0.39, 0.29) is 17.9 Å². The fourth-order valence-corrected chi connectivity index (χ4v) is 4.59. The van der Waals surface area contributed by atoms with E-state index < -0.39 is 5.92 Å². The van der Waals surface area contributed by atoms with Crippen molar-refractivity contribution < 1.29 is 23.8 Å². The van der Waals surface area contributed by atoms with Gasteiger partial charge in [0.2, 0.25) is 11.8 Å². The minimum atomic E-state index is -0.396. The summed E-state index contributed by atoms with van der Waals surface area (Å²) in [6, 6.07) is 12.7. The number of fused-ring (bicyclic) bond motifs is 1. The topological polar surface area (TPSA) is 77.1 Å². The Morgan fingerprint density at radius 2 is 1.94 bits per heavy atom. The maximum Gasteiger partial charge on any atom is 0.229 e. The lowest BCUT2D eigenvalue weighted by Gasteiger charge is -2.41. The summed E-state index contributed by atoms with van der Waals surface area (Å²) in [5.74, 6) is 1.58. The highest BCUT2D eigenvalue weighted by molar-refractivity contribution is 5.95. The molecule has 4 rings (SSSR count). The van der Waals surface area contributed by atoms with E-state index in [0.29, 0.717) is 55.5 Å². The number of piperidine rings is 1. The van der Waals surface area contributed by atoms with Gasteiger partial charge in [-0.2, -0.15) is 0 Å². The van der Waals surface area contributed by atoms with Gasteiger partial charge in [0.15, 0.2) is 11.5 Å². The van der Waals surface area contributed by atoms with Gasteiger partial charge in [0.1, 0.15) is 5.75 Å². The second kappa shape index (κ2) is 10.6. The number of methoxy groups -OCH3 is 1. The summed E-state index contributed by atoms with van der Waals surface area (Å²) >= 11 is 0. The normalized spacial score (nSPS) is 20.2. The number of amides is 2. The molecule has 0 aromatic heterocycles. The Labute approximate surface area is 195 Å². The fourth-order valence-electron chi connectivity index (χ4n) is 4.59. The lowest BCUT2D eigenvalue weighted by molar-refractivity contribution is -0.142. The molecule has 0 bridgehead atoms. The Bertz CT molecular complexity index is 992. The van der Waals surface area contributed by atoms with E-state index in [2.05, 4.69) is 12.2 Å². The minimum absolute atomic E-state index is 0.0824. The van der Waals surface area contributed by atoms with Crippen molar-refractivity contribution in [3.8, 4) is 17.2 Å². The van der Waals surface area contributed by atoms with Crippen molar-refractivity contribution in [1.29, 1.82) is 0 Å². The predicted molar refractivity (Wildman–Crippen MR) is 126 cm³/mol. The first-order valence-electron chi connectivity index (χ1n) is 11.7. The third kappa shape index (κ3) is 5.07. The van der Waals surface area contributed by atoms with E-state index in [4.69, 9.17) is 14.2 Å². The van der Waals surface area contributed by atoms with Crippen molar-refractivity contribution in [3.63, 3.8) is 0 Å². The molecule has 2 aliphatic heterocycles. The molecule has 7 nitrogen and oxygen atoms in total. The lowest BCUT2D eigenvalue weighted by Crippen LogP contribution is -2.47. The summed E-state index contributed by atoms with van der Waals surface area (Å²) in [4.78, 5) is 28.3. The second-order valence-electron chi connectivity index (χ2n) is 8.47. The number of anilines is 1. The van der Waals surface area contributed by atoms with Crippen LogP contribution in [0.2, 0.25) is 0 Å². The average molecular weight is 453 g/mol. The summed E-state index contributed by atoms with van der Waals surface area (Å²) in [5, 5.41) is 3.06. The number of hydrogen-bond donors (Lipinski definition) is 1. The summed E-state index contributed by atoms with van der Waals surface area (Å²) in [6.45, 7) is 3.91. The van der Waals surface area contributed by atoms with Gasteiger partial charge in [0.25, 0.3) is 0 Å². The molecule has 1 N–H and O–H groups in total. The molecule has 1 fully saturated rings. The van der Waals surface area contributed by atoms with E-state index >= 15 is 0 Å². The van der Waals surface area contributed by atoms with Crippen LogP contribution in [-0.2, 0) is 9.59 Å². The van der Waals surface area contributed by atoms with Crippen molar-refractivity contribution in [3.05, 3.63) is 48.0 Å². The van der Waals surface area contributed by atoms with Crippen LogP contribution in [-0.4, -0.2) is 43.6 Å².